The number of piperidine rings is 1. The highest BCUT2D eigenvalue weighted by molar-refractivity contribution is 6.34. The third-order valence-electron chi connectivity index (χ3n) is 6.92. The Balaban J connectivity index is 1.68. The second-order valence-electron chi connectivity index (χ2n) is 10.5. The Kier molecular flexibility index (Phi) is 5.34. The van der Waals surface area contributed by atoms with Crippen LogP contribution in [0.1, 0.15) is 37.7 Å². The van der Waals surface area contributed by atoms with Crippen LogP contribution in [0.4, 0.5) is 5.69 Å². The Morgan fingerprint density at radius 1 is 0.973 bits per heavy atom. The summed E-state index contributed by atoms with van der Waals surface area (Å²) in [6, 6.07) is 16.4. The molecule has 37 heavy (non-hydrogen) atoms. The van der Waals surface area contributed by atoms with Crippen molar-refractivity contribution in [3.8, 4) is 22.4 Å². The fraction of sp³-hybridized carbons (Fsp3) is 0.241. The maximum Gasteiger partial charge on any atom is 0.237 e. The van der Waals surface area contributed by atoms with Crippen LogP contribution >= 0.6 is 23.2 Å². The molecule has 8 heteroatoms. The Morgan fingerprint density at radius 2 is 1.62 bits per heavy atom. The Bertz CT molecular complexity index is 1610. The molecule has 0 radical (unpaired) electrons. The fourth-order valence-corrected chi connectivity index (χ4v) is 5.19. The van der Waals surface area contributed by atoms with Crippen molar-refractivity contribution in [3.63, 3.8) is 0 Å². The van der Waals surface area contributed by atoms with E-state index in [4.69, 9.17) is 32.6 Å². The number of pyridine rings is 1. The molecule has 2 aromatic heterocycles. The molecule has 1 saturated carbocycles. The summed E-state index contributed by atoms with van der Waals surface area (Å²) in [5.41, 5.74) is 2.21. The molecule has 2 aliphatic rings. The highest BCUT2D eigenvalue weighted by atomic mass is 35.5. The number of nitrogens with zero attached hydrogens (tertiary/aromatic N) is 2. The predicted octanol–water partition coefficient (Wildman–Crippen LogP) is 7.21. The molecular weight excluding hydrogens is 511 g/mol. The smallest absolute Gasteiger partial charge is 0.237 e. The topological polar surface area (TPSA) is 80.5 Å². The van der Waals surface area contributed by atoms with E-state index in [1.165, 1.54) is 0 Å². The van der Waals surface area contributed by atoms with Gasteiger partial charge in [0.25, 0.3) is 0 Å². The largest absolute Gasteiger partial charge is 0.432 e. The van der Waals surface area contributed by atoms with E-state index in [0.29, 0.717) is 38.7 Å². The lowest BCUT2D eigenvalue weighted by molar-refractivity contribution is -0.123. The van der Waals surface area contributed by atoms with Crippen LogP contribution in [0.3, 0.4) is 0 Å². The summed E-state index contributed by atoms with van der Waals surface area (Å²) in [4.78, 5) is 45.8. The van der Waals surface area contributed by atoms with Crippen molar-refractivity contribution in [1.29, 1.82) is 0 Å². The Morgan fingerprint density at radius 3 is 2.24 bits per heavy atom. The van der Waals surface area contributed by atoms with Gasteiger partial charge in [0, 0.05) is 26.6 Å². The van der Waals surface area contributed by atoms with E-state index in [1.807, 2.05) is 36.4 Å². The molecule has 2 atom stereocenters. The molecule has 4 aromatic rings. The first-order valence-corrected chi connectivity index (χ1v) is 12.7. The summed E-state index contributed by atoms with van der Waals surface area (Å²) >= 11 is 12.7. The molecule has 0 bridgehead atoms. The van der Waals surface area contributed by atoms with Crippen molar-refractivity contribution in [3.05, 3.63) is 70.4 Å². The number of imide groups is 1. The summed E-state index contributed by atoms with van der Waals surface area (Å²) in [6.07, 6.45) is 0.553. The first-order valence-electron chi connectivity index (χ1n) is 12.0. The van der Waals surface area contributed by atoms with E-state index < -0.39 is 5.41 Å². The summed E-state index contributed by atoms with van der Waals surface area (Å²) in [5, 5.41) is 1.48. The van der Waals surface area contributed by atoms with E-state index >= 15 is 0 Å². The molecular formula is C29H22Cl2N2O4. The number of carbonyl (C=O) groups excluding carboxylic acids is 3. The van der Waals surface area contributed by atoms with Gasteiger partial charge in [-0.25, -0.2) is 9.88 Å². The molecule has 1 aliphatic heterocycles. The highest BCUT2D eigenvalue weighted by Crippen LogP contribution is 2.51. The molecule has 0 N–H and O–H groups in total. The Hall–Kier alpha value is -3.48. The number of hydrogen-bond donors (Lipinski definition) is 0. The predicted molar refractivity (Wildman–Crippen MR) is 143 cm³/mol. The number of aromatic nitrogens is 1. The number of ketones is 1. The lowest BCUT2D eigenvalue weighted by Gasteiger charge is -2.20. The van der Waals surface area contributed by atoms with Crippen molar-refractivity contribution in [1.82, 2.24) is 4.98 Å². The number of furan rings is 1. The van der Waals surface area contributed by atoms with Crippen LogP contribution < -0.4 is 4.90 Å². The molecule has 1 aliphatic carbocycles. The van der Waals surface area contributed by atoms with Gasteiger partial charge in [-0.2, -0.15) is 0 Å². The molecule has 2 aromatic carbocycles. The zero-order valence-corrected chi connectivity index (χ0v) is 21.9. The van der Waals surface area contributed by atoms with Gasteiger partial charge in [-0.15, -0.1) is 0 Å². The third-order valence-corrected chi connectivity index (χ3v) is 7.50. The number of carbonyl (C=O) groups is 3. The van der Waals surface area contributed by atoms with Crippen LogP contribution in [0.25, 0.3) is 33.5 Å². The second kappa shape index (κ2) is 8.27. The molecule has 1 saturated heterocycles. The van der Waals surface area contributed by atoms with Crippen LogP contribution in [0.15, 0.2) is 59.0 Å². The number of fused-ring (bicyclic) bond motifs is 2. The van der Waals surface area contributed by atoms with Gasteiger partial charge in [-0.05, 0) is 36.2 Å². The first kappa shape index (κ1) is 23.9. The minimum atomic E-state index is -0.818. The van der Waals surface area contributed by atoms with Gasteiger partial charge in [0.2, 0.25) is 23.3 Å². The van der Waals surface area contributed by atoms with E-state index in [2.05, 4.69) is 0 Å². The molecule has 2 fully saturated rings. The maximum absolute atomic E-state index is 13.5. The van der Waals surface area contributed by atoms with Gasteiger partial charge in [0.05, 0.1) is 22.9 Å². The minimum absolute atomic E-state index is 0.0450. The lowest BCUT2D eigenvalue weighted by Crippen LogP contribution is -2.34. The summed E-state index contributed by atoms with van der Waals surface area (Å²) < 4.78 is 6.09. The van der Waals surface area contributed by atoms with Crippen LogP contribution in [0.5, 0.6) is 0 Å². The van der Waals surface area contributed by atoms with E-state index in [0.717, 1.165) is 10.5 Å². The third kappa shape index (κ3) is 3.78. The van der Waals surface area contributed by atoms with Gasteiger partial charge >= 0.3 is 0 Å². The maximum atomic E-state index is 13.5. The van der Waals surface area contributed by atoms with Crippen LogP contribution in [0.2, 0.25) is 10.0 Å². The number of benzene rings is 2. The van der Waals surface area contributed by atoms with Gasteiger partial charge < -0.3 is 4.42 Å². The highest BCUT2D eigenvalue weighted by Gasteiger charge is 2.60. The molecule has 3 heterocycles. The molecule has 186 valence electrons. The molecule has 2 amide bonds. The van der Waals surface area contributed by atoms with Crippen LogP contribution in [-0.4, -0.2) is 22.6 Å². The zero-order valence-electron chi connectivity index (χ0n) is 20.3. The Labute approximate surface area is 223 Å². The number of anilines is 1. The number of halogens is 2. The number of Topliss-reactive ketones (excluding diaryl/α,β-unsaturated/α-hetero) is 1. The molecule has 6 rings (SSSR count). The van der Waals surface area contributed by atoms with Gasteiger partial charge in [0.1, 0.15) is 5.69 Å². The van der Waals surface area contributed by atoms with Gasteiger partial charge in [0.15, 0.2) is 5.76 Å². The average Bonchev–Trinajstić information content (AvgIpc) is 3.53. The summed E-state index contributed by atoms with van der Waals surface area (Å²) in [7, 11) is 0. The van der Waals surface area contributed by atoms with E-state index in [1.54, 1.807) is 39.0 Å². The molecule has 2 unspecified atom stereocenters. The van der Waals surface area contributed by atoms with E-state index in [-0.39, 0.29) is 46.6 Å². The summed E-state index contributed by atoms with van der Waals surface area (Å²) in [6.45, 7) is 5.29. The van der Waals surface area contributed by atoms with Crippen molar-refractivity contribution in [2.45, 2.75) is 27.2 Å². The van der Waals surface area contributed by atoms with Gasteiger partial charge in [-0.3, -0.25) is 14.4 Å². The number of amides is 2. The van der Waals surface area contributed by atoms with Crippen molar-refractivity contribution in [2.24, 2.45) is 17.3 Å². The number of hydrogen-bond acceptors (Lipinski definition) is 5. The molecule has 6 nitrogen and oxygen atoms in total. The fourth-order valence-electron chi connectivity index (χ4n) is 4.84. The SMILES string of the molecule is CC(C)(C)C(=O)c1oc2nc(-c3ccccc3Cl)c(-c3ccc(Cl)cc3)cc2c1N1C(=O)C2CC2C1=O. The van der Waals surface area contributed by atoms with Crippen LogP contribution in [-0.2, 0) is 9.59 Å². The van der Waals surface area contributed by atoms with Gasteiger partial charge in [-0.1, -0.05) is 74.3 Å². The quantitative estimate of drug-likeness (QED) is 0.205. The normalized spacial score (nSPS) is 19.0. The molecule has 0 spiro atoms. The van der Waals surface area contributed by atoms with Crippen molar-refractivity contribution >= 4 is 57.6 Å². The average molecular weight is 533 g/mol. The van der Waals surface area contributed by atoms with Crippen molar-refractivity contribution < 1.29 is 18.8 Å². The first-order chi connectivity index (χ1) is 17.6. The number of rotatable bonds is 4. The monoisotopic (exact) mass is 532 g/mol. The van der Waals surface area contributed by atoms with Crippen LogP contribution in [0, 0.1) is 17.3 Å². The standard InChI is InChI=1S/C29H22Cl2N2O4/c1-29(2,3)25(34)24-23(33-27(35)18-13-19(18)28(33)36)20-12-17(14-8-10-15(30)11-9-14)22(32-26(20)37-24)16-6-4-5-7-21(16)31/h4-12,18-19H,13H2,1-3H3. The zero-order chi connectivity index (χ0) is 26.2. The van der Waals surface area contributed by atoms with Crippen molar-refractivity contribution in [2.75, 3.05) is 4.90 Å². The minimum Gasteiger partial charge on any atom is -0.432 e. The summed E-state index contributed by atoms with van der Waals surface area (Å²) in [5.74, 6) is -1.64. The van der Waals surface area contributed by atoms with E-state index in [9.17, 15) is 14.4 Å². The lowest BCUT2D eigenvalue weighted by atomic mass is 9.88. The second-order valence-corrected chi connectivity index (χ2v) is 11.4.